The number of carboxylic acids is 1. The number of rotatable bonds is 6. The average Bonchev–Trinajstić information content (AvgIpc) is 2.79. The predicted molar refractivity (Wildman–Crippen MR) is 134 cm³/mol. The Kier molecular flexibility index (Phi) is 6.54. The Labute approximate surface area is 217 Å². The number of ether oxygens (including phenoxy) is 1. The number of ketones is 1. The lowest BCUT2D eigenvalue weighted by Crippen LogP contribution is -2.42. The summed E-state index contributed by atoms with van der Waals surface area (Å²) in [5.41, 5.74) is 3.16. The molecule has 0 amide bonds. The molecule has 1 heterocycles. The minimum atomic E-state index is -4.98. The molecule has 0 spiro atoms. The third-order valence-electron chi connectivity index (χ3n) is 5.97. The van der Waals surface area contributed by atoms with Crippen LogP contribution in [0.3, 0.4) is 0 Å². The molecule has 0 atom stereocenters. The molecule has 1 aliphatic heterocycles. The van der Waals surface area contributed by atoms with Crippen LogP contribution in [0.2, 0.25) is 0 Å². The van der Waals surface area contributed by atoms with Crippen LogP contribution in [0.25, 0.3) is 12.2 Å². The number of hydrogen-bond acceptors (Lipinski definition) is 7. The van der Waals surface area contributed by atoms with Gasteiger partial charge in [0.05, 0.1) is 5.56 Å². The summed E-state index contributed by atoms with van der Waals surface area (Å²) in [4.78, 5) is 23.4. The smallest absolute Gasteiger partial charge is 0.336 e. The van der Waals surface area contributed by atoms with Crippen LogP contribution in [0.15, 0.2) is 52.3 Å². The van der Waals surface area contributed by atoms with E-state index in [4.69, 9.17) is 4.74 Å². The van der Waals surface area contributed by atoms with E-state index >= 15 is 0 Å². The van der Waals surface area contributed by atoms with Gasteiger partial charge in [-0.2, -0.15) is 16.8 Å². The SMILES string of the molecule is C=c1ccc2c(c1S(=O)(=O)O)Oc1c(ccc([NH3+])c1S(=O)(=O)O)C=2c1ccc(C(=O)C(C)C)cc1C(=O)O. The van der Waals surface area contributed by atoms with Gasteiger partial charge in [0.15, 0.2) is 27.9 Å². The molecule has 11 nitrogen and oxygen atoms in total. The number of aromatic carboxylic acids is 1. The van der Waals surface area contributed by atoms with Crippen molar-refractivity contribution in [3.63, 3.8) is 0 Å². The van der Waals surface area contributed by atoms with Crippen LogP contribution in [-0.4, -0.2) is 42.8 Å². The highest BCUT2D eigenvalue weighted by Crippen LogP contribution is 2.44. The third kappa shape index (κ3) is 4.50. The van der Waals surface area contributed by atoms with E-state index in [1.165, 1.54) is 42.5 Å². The molecule has 0 bridgehead atoms. The lowest BCUT2D eigenvalue weighted by atomic mass is 9.87. The van der Waals surface area contributed by atoms with Crippen LogP contribution < -0.4 is 20.9 Å². The maximum Gasteiger partial charge on any atom is 0.336 e. The highest BCUT2D eigenvalue weighted by molar-refractivity contribution is 7.86. The highest BCUT2D eigenvalue weighted by atomic mass is 32.2. The maximum atomic E-state index is 12.6. The van der Waals surface area contributed by atoms with Gasteiger partial charge in [0.1, 0.15) is 4.90 Å². The number of hydrogen-bond donors (Lipinski definition) is 4. The molecule has 0 radical (unpaired) electrons. The normalized spacial score (nSPS) is 13.1. The molecule has 6 N–H and O–H groups in total. The van der Waals surface area contributed by atoms with Crippen LogP contribution in [0.1, 0.15) is 45.7 Å². The lowest BCUT2D eigenvalue weighted by molar-refractivity contribution is -0.258. The number of Topliss-reactive ketones (excluding diaryl/α,β-unsaturated/α-hetero) is 1. The summed E-state index contributed by atoms with van der Waals surface area (Å²) in [7, 11) is -9.97. The van der Waals surface area contributed by atoms with E-state index in [1.54, 1.807) is 13.8 Å². The summed E-state index contributed by atoms with van der Waals surface area (Å²) in [5, 5.41) is 9.84. The summed E-state index contributed by atoms with van der Waals surface area (Å²) in [6.07, 6.45) is 0. The van der Waals surface area contributed by atoms with E-state index in [0.717, 1.165) is 0 Å². The Morgan fingerprint density at radius 2 is 1.50 bits per heavy atom. The van der Waals surface area contributed by atoms with Crippen LogP contribution in [0.4, 0.5) is 5.69 Å². The molecule has 0 aromatic heterocycles. The maximum absolute atomic E-state index is 12.6. The van der Waals surface area contributed by atoms with Gasteiger partial charge < -0.3 is 15.6 Å². The third-order valence-corrected chi connectivity index (χ3v) is 7.90. The first kappa shape index (κ1) is 27.2. The zero-order valence-electron chi connectivity index (χ0n) is 20.0. The van der Waals surface area contributed by atoms with Crippen molar-refractivity contribution in [1.29, 1.82) is 0 Å². The Morgan fingerprint density at radius 3 is 2.05 bits per heavy atom. The van der Waals surface area contributed by atoms with E-state index in [-0.39, 0.29) is 49.7 Å². The molecular weight excluding hydrogens is 538 g/mol. The van der Waals surface area contributed by atoms with Gasteiger partial charge in [0, 0.05) is 33.9 Å². The standard InChI is InChI=1S/C25H21NO10S2/c1-11(2)20(27)13-5-7-14(17(10-13)25(28)29)19-15-6-4-12(3)23(37(30,31)32)21(15)36-22-16(19)8-9-18(26)24(22)38(33,34)35/h4-11H,3,26H2,1-2H3,(H,28,29)(H,30,31,32)(H,33,34,35)/p+1. The lowest BCUT2D eigenvalue weighted by Gasteiger charge is -2.25. The molecule has 0 aliphatic carbocycles. The molecule has 4 rings (SSSR count). The van der Waals surface area contributed by atoms with Crippen molar-refractivity contribution in [2.45, 2.75) is 23.6 Å². The number of benzene rings is 3. The minimum Gasteiger partial charge on any atom is -0.478 e. The van der Waals surface area contributed by atoms with E-state index < -0.39 is 53.4 Å². The van der Waals surface area contributed by atoms with Crippen LogP contribution in [-0.2, 0) is 20.2 Å². The Bertz CT molecular complexity index is 1890. The summed E-state index contributed by atoms with van der Waals surface area (Å²) < 4.78 is 74.8. The molecule has 198 valence electrons. The van der Waals surface area contributed by atoms with Crippen molar-refractivity contribution >= 4 is 49.8 Å². The second-order valence-electron chi connectivity index (χ2n) is 8.87. The zero-order valence-corrected chi connectivity index (χ0v) is 21.7. The van der Waals surface area contributed by atoms with Crippen molar-refractivity contribution in [1.82, 2.24) is 0 Å². The summed E-state index contributed by atoms with van der Waals surface area (Å²) in [6.45, 7) is 6.89. The first-order valence-corrected chi connectivity index (χ1v) is 13.8. The minimum absolute atomic E-state index is 0.0111. The van der Waals surface area contributed by atoms with E-state index in [1.807, 2.05) is 0 Å². The summed E-state index contributed by atoms with van der Waals surface area (Å²) in [5.74, 6) is -3.23. The van der Waals surface area contributed by atoms with Crippen molar-refractivity contribution in [3.05, 3.63) is 75.2 Å². The van der Waals surface area contributed by atoms with E-state index in [0.29, 0.717) is 0 Å². The molecule has 0 fully saturated rings. The zero-order chi connectivity index (χ0) is 28.3. The first-order chi connectivity index (χ1) is 17.5. The van der Waals surface area contributed by atoms with Gasteiger partial charge in [0.25, 0.3) is 10.1 Å². The molecule has 3 aromatic rings. The molecule has 38 heavy (non-hydrogen) atoms. The van der Waals surface area contributed by atoms with Crippen LogP contribution in [0.5, 0.6) is 11.5 Å². The number of carbonyl (C=O) groups is 2. The fraction of sp³-hybridized carbons (Fsp3) is 0.120. The number of carboxylic acid groups (broad SMARTS) is 1. The molecule has 0 unspecified atom stereocenters. The monoisotopic (exact) mass is 560 g/mol. The number of fused-ring (bicyclic) bond motifs is 2. The second kappa shape index (κ2) is 9.15. The second-order valence-corrected chi connectivity index (χ2v) is 11.6. The fourth-order valence-electron chi connectivity index (χ4n) is 4.33. The van der Waals surface area contributed by atoms with Gasteiger partial charge in [-0.3, -0.25) is 13.9 Å². The molecule has 3 aromatic carbocycles. The molecule has 0 saturated heterocycles. The molecule has 0 saturated carbocycles. The number of carbonyl (C=O) groups excluding carboxylic acids is 1. The summed E-state index contributed by atoms with van der Waals surface area (Å²) >= 11 is 0. The van der Waals surface area contributed by atoms with E-state index in [9.17, 15) is 40.6 Å². The van der Waals surface area contributed by atoms with Gasteiger partial charge >= 0.3 is 16.1 Å². The Morgan fingerprint density at radius 1 is 0.895 bits per heavy atom. The highest BCUT2D eigenvalue weighted by Gasteiger charge is 2.35. The Balaban J connectivity index is 2.27. The van der Waals surface area contributed by atoms with Crippen molar-refractivity contribution in [2.75, 3.05) is 0 Å². The van der Waals surface area contributed by atoms with Gasteiger partial charge in [-0.05, 0) is 29.0 Å². The molecular formula is C25H22NO10S2+. The summed E-state index contributed by atoms with van der Waals surface area (Å²) in [6, 6.07) is 9.15. The predicted octanol–water partition coefficient (Wildman–Crippen LogP) is 1.35. The van der Waals surface area contributed by atoms with Crippen molar-refractivity contribution in [2.24, 2.45) is 5.92 Å². The fourth-order valence-corrected chi connectivity index (χ4v) is 5.90. The topological polar surface area (TPSA) is 200 Å². The van der Waals surface area contributed by atoms with Gasteiger partial charge in [-0.15, -0.1) is 0 Å². The van der Waals surface area contributed by atoms with Crippen LogP contribution >= 0.6 is 0 Å². The molecule has 13 heteroatoms. The van der Waals surface area contributed by atoms with Crippen molar-refractivity contribution < 1.29 is 51.1 Å². The number of quaternary nitrogens is 1. The first-order valence-electron chi connectivity index (χ1n) is 10.9. The largest absolute Gasteiger partial charge is 0.478 e. The Hall–Kier alpha value is -3.88. The van der Waals surface area contributed by atoms with Crippen LogP contribution in [0, 0.1) is 5.92 Å². The van der Waals surface area contributed by atoms with E-state index in [2.05, 4.69) is 12.3 Å². The van der Waals surface area contributed by atoms with Gasteiger partial charge in [-0.25, -0.2) is 4.79 Å². The molecule has 1 aliphatic rings. The van der Waals surface area contributed by atoms with Gasteiger partial charge in [-0.1, -0.05) is 38.6 Å². The average molecular weight is 561 g/mol. The van der Waals surface area contributed by atoms with Gasteiger partial charge in [0.2, 0.25) is 0 Å². The quantitative estimate of drug-likeness (QED) is 0.197. The van der Waals surface area contributed by atoms with Crippen molar-refractivity contribution in [3.8, 4) is 11.5 Å².